The number of ether oxygens (including phenoxy) is 1. The number of rotatable bonds is 4. The van der Waals surface area contributed by atoms with E-state index in [4.69, 9.17) is 4.74 Å². The number of nitrogens with one attached hydrogen (secondary N) is 1. The van der Waals surface area contributed by atoms with Crippen molar-refractivity contribution in [2.45, 2.75) is 6.42 Å². The van der Waals surface area contributed by atoms with Crippen LogP contribution in [-0.4, -0.2) is 13.7 Å². The molecule has 12 heavy (non-hydrogen) atoms. The Morgan fingerprint density at radius 3 is 2.50 bits per heavy atom. The summed E-state index contributed by atoms with van der Waals surface area (Å²) in [5, 5.41) is 0. The van der Waals surface area contributed by atoms with Gasteiger partial charge in [0.05, 0.1) is 7.11 Å². The molecule has 2 nitrogen and oxygen atoms in total. The van der Waals surface area contributed by atoms with E-state index in [-0.39, 0.29) is 0 Å². The Balaban J connectivity index is 2.53. The highest BCUT2D eigenvalue weighted by atomic mass is 32.1. The fourth-order valence-corrected chi connectivity index (χ4v) is 1.10. The van der Waals surface area contributed by atoms with Crippen molar-refractivity contribution >= 4 is 12.8 Å². The Morgan fingerprint density at radius 2 is 2.00 bits per heavy atom. The molecule has 0 unspecified atom stereocenters. The molecule has 1 N–H and O–H groups in total. The third-order valence-electron chi connectivity index (χ3n) is 1.68. The van der Waals surface area contributed by atoms with Gasteiger partial charge in [-0.05, 0) is 24.1 Å². The summed E-state index contributed by atoms with van der Waals surface area (Å²) in [5.41, 5.74) is 1.29. The first-order chi connectivity index (χ1) is 5.86. The molecule has 0 aliphatic rings. The monoisotopic (exact) mass is 183 g/mol. The second-order valence-corrected chi connectivity index (χ2v) is 2.82. The molecule has 0 saturated heterocycles. The molecule has 0 heterocycles. The van der Waals surface area contributed by atoms with Crippen molar-refractivity contribution in [1.29, 1.82) is 0 Å². The molecule has 0 aromatic heterocycles. The summed E-state index contributed by atoms with van der Waals surface area (Å²) in [6, 6.07) is 8.05. The largest absolute Gasteiger partial charge is 0.497 e. The van der Waals surface area contributed by atoms with E-state index in [0.29, 0.717) is 0 Å². The molecule has 0 amide bonds. The lowest BCUT2D eigenvalue weighted by atomic mass is 10.1. The van der Waals surface area contributed by atoms with Gasteiger partial charge in [-0.15, -0.1) is 0 Å². The summed E-state index contributed by atoms with van der Waals surface area (Å²) >= 11 is 3.91. The molecule has 1 aromatic carbocycles. The van der Waals surface area contributed by atoms with Crippen molar-refractivity contribution in [2.75, 3.05) is 13.7 Å². The van der Waals surface area contributed by atoms with E-state index in [1.807, 2.05) is 12.1 Å². The minimum absolute atomic E-state index is 0.884. The molecule has 0 atom stereocenters. The minimum Gasteiger partial charge on any atom is -0.497 e. The Morgan fingerprint density at radius 1 is 1.33 bits per heavy atom. The van der Waals surface area contributed by atoms with Crippen LogP contribution in [0, 0.1) is 0 Å². The lowest BCUT2D eigenvalue weighted by Gasteiger charge is -2.02. The molecule has 0 saturated carbocycles. The molecule has 0 radical (unpaired) electrons. The first-order valence-electron chi connectivity index (χ1n) is 3.86. The number of hydrogen-bond donors (Lipinski definition) is 2. The van der Waals surface area contributed by atoms with Crippen molar-refractivity contribution < 1.29 is 4.74 Å². The fraction of sp³-hybridized carbons (Fsp3) is 0.333. The summed E-state index contributed by atoms with van der Waals surface area (Å²) < 4.78 is 7.85. The average Bonchev–Trinajstić information content (AvgIpc) is 2.15. The molecule has 1 rings (SSSR count). The Labute approximate surface area is 78.5 Å². The summed E-state index contributed by atoms with van der Waals surface area (Å²) in [6.07, 6.45) is 0.994. The molecule has 0 spiro atoms. The van der Waals surface area contributed by atoms with Crippen molar-refractivity contribution in [3.8, 4) is 5.75 Å². The van der Waals surface area contributed by atoms with Crippen LogP contribution in [0.4, 0.5) is 0 Å². The van der Waals surface area contributed by atoms with Crippen LogP contribution in [0.5, 0.6) is 5.75 Å². The predicted molar refractivity (Wildman–Crippen MR) is 53.7 cm³/mol. The van der Waals surface area contributed by atoms with E-state index in [2.05, 4.69) is 29.7 Å². The van der Waals surface area contributed by atoms with E-state index < -0.39 is 0 Å². The van der Waals surface area contributed by atoms with Gasteiger partial charge in [-0.1, -0.05) is 24.9 Å². The topological polar surface area (TPSA) is 21.3 Å². The summed E-state index contributed by atoms with van der Waals surface area (Å²) in [7, 11) is 1.67. The van der Waals surface area contributed by atoms with Gasteiger partial charge in [-0.3, -0.25) is 4.72 Å². The number of benzene rings is 1. The lowest BCUT2D eigenvalue weighted by molar-refractivity contribution is 0.414. The Hall–Kier alpha value is -0.670. The molecule has 0 aliphatic carbocycles. The van der Waals surface area contributed by atoms with Gasteiger partial charge in [0.2, 0.25) is 0 Å². The third kappa shape index (κ3) is 2.75. The Kier molecular flexibility index (Phi) is 3.97. The van der Waals surface area contributed by atoms with Crippen LogP contribution in [0.2, 0.25) is 0 Å². The van der Waals surface area contributed by atoms with Crippen LogP contribution >= 0.6 is 12.8 Å². The van der Waals surface area contributed by atoms with E-state index in [0.717, 1.165) is 18.7 Å². The van der Waals surface area contributed by atoms with Crippen LogP contribution in [0.3, 0.4) is 0 Å². The maximum absolute atomic E-state index is 5.04. The van der Waals surface area contributed by atoms with Gasteiger partial charge in [0.25, 0.3) is 0 Å². The summed E-state index contributed by atoms with van der Waals surface area (Å²) in [4.78, 5) is 0. The molecular weight excluding hydrogens is 170 g/mol. The predicted octanol–water partition coefficient (Wildman–Crippen LogP) is 1.67. The first kappa shape index (κ1) is 9.42. The van der Waals surface area contributed by atoms with Crippen molar-refractivity contribution in [3.63, 3.8) is 0 Å². The lowest BCUT2D eigenvalue weighted by Crippen LogP contribution is -2.04. The van der Waals surface area contributed by atoms with Crippen LogP contribution in [0.1, 0.15) is 5.56 Å². The highest BCUT2D eigenvalue weighted by Crippen LogP contribution is 2.11. The molecule has 0 bridgehead atoms. The van der Waals surface area contributed by atoms with E-state index in [1.165, 1.54) is 5.56 Å². The quantitative estimate of drug-likeness (QED) is 0.693. The minimum atomic E-state index is 0.884. The molecule has 1 aromatic rings. The van der Waals surface area contributed by atoms with Crippen LogP contribution < -0.4 is 9.46 Å². The van der Waals surface area contributed by atoms with E-state index in [1.54, 1.807) is 7.11 Å². The maximum atomic E-state index is 5.04. The van der Waals surface area contributed by atoms with E-state index in [9.17, 15) is 0 Å². The van der Waals surface area contributed by atoms with Crippen LogP contribution in [0.25, 0.3) is 0 Å². The smallest absolute Gasteiger partial charge is 0.118 e. The summed E-state index contributed by atoms with van der Waals surface area (Å²) in [6.45, 7) is 0.884. The van der Waals surface area contributed by atoms with Gasteiger partial charge in [0.15, 0.2) is 0 Å². The number of hydrogen-bond acceptors (Lipinski definition) is 3. The van der Waals surface area contributed by atoms with Crippen LogP contribution in [0.15, 0.2) is 24.3 Å². The summed E-state index contributed by atoms with van der Waals surface area (Å²) in [5.74, 6) is 0.901. The number of thiol groups is 1. The van der Waals surface area contributed by atoms with Gasteiger partial charge < -0.3 is 4.74 Å². The first-order valence-corrected chi connectivity index (χ1v) is 4.31. The number of methoxy groups -OCH3 is 1. The van der Waals surface area contributed by atoms with Crippen LogP contribution in [-0.2, 0) is 6.42 Å². The highest BCUT2D eigenvalue weighted by molar-refractivity contribution is 7.78. The van der Waals surface area contributed by atoms with Gasteiger partial charge in [0, 0.05) is 6.54 Å². The van der Waals surface area contributed by atoms with Crippen molar-refractivity contribution in [3.05, 3.63) is 29.8 Å². The maximum Gasteiger partial charge on any atom is 0.118 e. The second-order valence-electron chi connectivity index (χ2n) is 2.51. The second kappa shape index (κ2) is 5.06. The molecule has 0 aliphatic heterocycles. The van der Waals surface area contributed by atoms with E-state index >= 15 is 0 Å². The zero-order valence-electron chi connectivity index (χ0n) is 7.08. The zero-order valence-corrected chi connectivity index (χ0v) is 7.97. The van der Waals surface area contributed by atoms with Crippen molar-refractivity contribution in [2.24, 2.45) is 0 Å². The zero-order chi connectivity index (χ0) is 8.81. The van der Waals surface area contributed by atoms with Gasteiger partial charge in [-0.25, -0.2) is 0 Å². The molecule has 0 fully saturated rings. The molecule has 3 heteroatoms. The third-order valence-corrected chi connectivity index (χ3v) is 1.91. The van der Waals surface area contributed by atoms with Crippen molar-refractivity contribution in [1.82, 2.24) is 4.72 Å². The van der Waals surface area contributed by atoms with Gasteiger partial charge in [-0.2, -0.15) is 0 Å². The normalized spacial score (nSPS) is 9.83. The molecule has 66 valence electrons. The van der Waals surface area contributed by atoms with Gasteiger partial charge in [0.1, 0.15) is 5.75 Å². The standard InChI is InChI=1S/C9H13NOS/c1-11-9-4-2-8(3-5-9)6-7-10-12/h2-5,10,12H,6-7H2,1H3. The highest BCUT2D eigenvalue weighted by Gasteiger charge is 1.92. The average molecular weight is 183 g/mol. The van der Waals surface area contributed by atoms with Gasteiger partial charge >= 0.3 is 0 Å². The molecular formula is C9H13NOS. The SMILES string of the molecule is COc1ccc(CCNS)cc1. The Bertz CT molecular complexity index is 222. The fourth-order valence-electron chi connectivity index (χ4n) is 0.992.